The summed E-state index contributed by atoms with van der Waals surface area (Å²) in [6.45, 7) is 0.105. The Morgan fingerprint density at radius 1 is 1.07 bits per heavy atom. The topological polar surface area (TPSA) is 97.3 Å². The predicted octanol–water partition coefficient (Wildman–Crippen LogP) is 6.37. The third-order valence-electron chi connectivity index (χ3n) is 7.14. The molecule has 222 valence electrons. The van der Waals surface area contributed by atoms with E-state index in [4.69, 9.17) is 26.2 Å². The molecular formula is C29H25ClF4N2O6. The number of alkyl halides is 3. The normalized spacial score (nSPS) is 18.5. The van der Waals surface area contributed by atoms with Crippen molar-refractivity contribution in [3.8, 4) is 17.2 Å². The number of rotatable bonds is 9. The lowest BCUT2D eigenvalue weighted by Crippen LogP contribution is -2.38. The van der Waals surface area contributed by atoms with Gasteiger partial charge in [0.2, 0.25) is 0 Å². The molecular weight excluding hydrogens is 584 g/mol. The second kappa shape index (κ2) is 11.6. The van der Waals surface area contributed by atoms with Crippen LogP contribution in [-0.2, 0) is 16.0 Å². The molecule has 1 aliphatic heterocycles. The second-order valence-corrected chi connectivity index (χ2v) is 10.4. The molecule has 1 saturated carbocycles. The van der Waals surface area contributed by atoms with Crippen molar-refractivity contribution >= 4 is 34.9 Å². The molecule has 1 fully saturated rings. The average molecular weight is 609 g/mol. The van der Waals surface area contributed by atoms with Gasteiger partial charge in [0.1, 0.15) is 23.6 Å². The lowest BCUT2D eigenvalue weighted by atomic mass is 9.82. The van der Waals surface area contributed by atoms with Gasteiger partial charge in [0, 0.05) is 41.5 Å². The highest BCUT2D eigenvalue weighted by Crippen LogP contribution is 2.39. The minimum Gasteiger partial charge on any atom is -0.497 e. The summed E-state index contributed by atoms with van der Waals surface area (Å²) in [5, 5.41) is 12.7. The van der Waals surface area contributed by atoms with E-state index in [9.17, 15) is 27.2 Å². The number of hydrogen-bond acceptors (Lipinski definition) is 6. The number of nitrogens with one attached hydrogen (secondary N) is 1. The Morgan fingerprint density at radius 2 is 1.76 bits per heavy atom. The van der Waals surface area contributed by atoms with Crippen LogP contribution in [0.4, 0.5) is 28.9 Å². The van der Waals surface area contributed by atoms with Gasteiger partial charge in [0.25, 0.3) is 5.91 Å². The van der Waals surface area contributed by atoms with Crippen LogP contribution in [0.5, 0.6) is 17.2 Å². The van der Waals surface area contributed by atoms with Gasteiger partial charge in [-0.15, -0.1) is 13.2 Å². The number of aliphatic carboxylic acids is 1. The van der Waals surface area contributed by atoms with Crippen molar-refractivity contribution in [3.05, 3.63) is 76.6 Å². The predicted molar refractivity (Wildman–Crippen MR) is 145 cm³/mol. The third kappa shape index (κ3) is 6.48. The van der Waals surface area contributed by atoms with Crippen molar-refractivity contribution in [2.24, 2.45) is 5.92 Å². The van der Waals surface area contributed by atoms with Crippen molar-refractivity contribution in [2.75, 3.05) is 23.9 Å². The summed E-state index contributed by atoms with van der Waals surface area (Å²) in [6, 6.07) is 12.1. The van der Waals surface area contributed by atoms with Gasteiger partial charge < -0.3 is 29.5 Å². The number of carboxylic acid groups (broad SMARTS) is 1. The van der Waals surface area contributed by atoms with Gasteiger partial charge >= 0.3 is 12.3 Å². The molecule has 42 heavy (non-hydrogen) atoms. The molecule has 1 atom stereocenters. The lowest BCUT2D eigenvalue weighted by molar-refractivity contribution is -0.275. The van der Waals surface area contributed by atoms with Gasteiger partial charge in [-0.2, -0.15) is 0 Å². The minimum absolute atomic E-state index is 0.105. The van der Waals surface area contributed by atoms with Crippen LogP contribution in [0, 0.1) is 11.7 Å². The first-order chi connectivity index (χ1) is 19.9. The van der Waals surface area contributed by atoms with Crippen molar-refractivity contribution in [1.82, 2.24) is 0 Å². The van der Waals surface area contributed by atoms with E-state index in [1.165, 1.54) is 12.0 Å². The average Bonchev–Trinajstić information content (AvgIpc) is 3.30. The summed E-state index contributed by atoms with van der Waals surface area (Å²) >= 11 is 6.07. The molecule has 5 rings (SSSR count). The molecule has 2 N–H and O–H groups in total. The highest BCUT2D eigenvalue weighted by molar-refractivity contribution is 6.30. The number of anilines is 2. The molecule has 0 saturated heterocycles. The fourth-order valence-corrected chi connectivity index (χ4v) is 5.11. The summed E-state index contributed by atoms with van der Waals surface area (Å²) in [7, 11) is 1.45. The molecule has 0 aromatic heterocycles. The van der Waals surface area contributed by atoms with Gasteiger partial charge in [-0.25, -0.2) is 4.39 Å². The maximum Gasteiger partial charge on any atom is 0.573 e. The highest BCUT2D eigenvalue weighted by Gasteiger charge is 2.37. The lowest BCUT2D eigenvalue weighted by Gasteiger charge is -2.32. The van der Waals surface area contributed by atoms with Gasteiger partial charge in [-0.05, 0) is 48.6 Å². The molecule has 1 unspecified atom stereocenters. The molecule has 3 aromatic rings. The van der Waals surface area contributed by atoms with Crippen molar-refractivity contribution in [3.63, 3.8) is 0 Å². The number of hydrogen-bond donors (Lipinski definition) is 2. The number of carbonyl (C=O) groups is 2. The highest BCUT2D eigenvalue weighted by atomic mass is 35.5. The molecule has 0 bridgehead atoms. The molecule has 1 heterocycles. The Kier molecular flexibility index (Phi) is 8.09. The summed E-state index contributed by atoms with van der Waals surface area (Å²) in [6.07, 6.45) is -4.47. The van der Waals surface area contributed by atoms with Crippen LogP contribution in [0.1, 0.15) is 30.0 Å². The fourth-order valence-electron chi connectivity index (χ4n) is 4.98. The molecule has 13 heteroatoms. The van der Waals surface area contributed by atoms with Crippen molar-refractivity contribution < 1.29 is 46.5 Å². The zero-order valence-electron chi connectivity index (χ0n) is 22.1. The number of methoxy groups -OCH3 is 1. The van der Waals surface area contributed by atoms with Crippen LogP contribution < -0.4 is 24.4 Å². The van der Waals surface area contributed by atoms with Crippen LogP contribution in [-0.4, -0.2) is 43.1 Å². The van der Waals surface area contributed by atoms with E-state index in [1.54, 1.807) is 42.5 Å². The number of carboxylic acids is 1. The monoisotopic (exact) mass is 608 g/mol. The van der Waals surface area contributed by atoms with Gasteiger partial charge in [-0.3, -0.25) is 9.59 Å². The molecule has 0 radical (unpaired) electrons. The maximum atomic E-state index is 14.3. The summed E-state index contributed by atoms with van der Waals surface area (Å²) in [5.41, 5.74) is 1.39. The van der Waals surface area contributed by atoms with E-state index in [0.717, 1.165) is 12.1 Å². The Morgan fingerprint density at radius 3 is 2.40 bits per heavy atom. The van der Waals surface area contributed by atoms with Crippen LogP contribution in [0.15, 0.2) is 54.6 Å². The van der Waals surface area contributed by atoms with E-state index < -0.39 is 41.8 Å². The third-order valence-corrected chi connectivity index (χ3v) is 7.40. The zero-order chi connectivity index (χ0) is 30.2. The van der Waals surface area contributed by atoms with Gasteiger partial charge in [0.15, 0.2) is 11.6 Å². The molecule has 0 spiro atoms. The first kappa shape index (κ1) is 29.3. The number of benzene rings is 3. The number of ether oxygens (including phenoxy) is 3. The van der Waals surface area contributed by atoms with E-state index in [1.807, 2.05) is 0 Å². The Balaban J connectivity index is 1.45. The standard InChI is InChI=1S/C29H25ClF4N2O6/c1-40-20-11-19(12-22(13-20)41-21-8-17(9-21)28(38)39)35-26(15-2-4-18(30)5-3-15)27(37)36-7-6-16-10-23(31)25(14-24(16)36)42-29(32,33)34/h2-5,10-14,17,21,26,35H,6-9H2,1H3,(H,38,39)/t17-,21+,26?. The molecule has 1 amide bonds. The smallest absolute Gasteiger partial charge is 0.497 e. The van der Waals surface area contributed by atoms with Crippen LogP contribution in [0.3, 0.4) is 0 Å². The first-order valence-corrected chi connectivity index (χ1v) is 13.3. The Bertz CT molecular complexity index is 1490. The zero-order valence-corrected chi connectivity index (χ0v) is 22.8. The Hall–Kier alpha value is -4.19. The number of carbonyl (C=O) groups excluding carboxylic acids is 1. The maximum absolute atomic E-state index is 14.3. The SMILES string of the molecule is COc1cc(NC(C(=O)N2CCc3cc(F)c(OC(F)(F)F)cc32)c2ccc(Cl)cc2)cc(O[C@H]2C[C@@H](C(=O)O)C2)c1. The molecule has 8 nitrogen and oxygen atoms in total. The van der Waals surface area contributed by atoms with Gasteiger partial charge in [-0.1, -0.05) is 23.7 Å². The van der Waals surface area contributed by atoms with Crippen LogP contribution in [0.2, 0.25) is 5.02 Å². The van der Waals surface area contributed by atoms with Crippen LogP contribution in [0.25, 0.3) is 0 Å². The summed E-state index contributed by atoms with van der Waals surface area (Å²) < 4.78 is 68.1. The summed E-state index contributed by atoms with van der Waals surface area (Å²) in [4.78, 5) is 26.4. The second-order valence-electron chi connectivity index (χ2n) is 9.97. The largest absolute Gasteiger partial charge is 0.573 e. The quantitative estimate of drug-likeness (QED) is 0.273. The van der Waals surface area contributed by atoms with E-state index in [-0.39, 0.29) is 24.8 Å². The number of fused-ring (bicyclic) bond motifs is 1. The number of nitrogens with zero attached hydrogens (tertiary/aromatic N) is 1. The van der Waals surface area contributed by atoms with E-state index in [0.29, 0.717) is 46.2 Å². The van der Waals surface area contributed by atoms with Crippen molar-refractivity contribution in [1.29, 1.82) is 0 Å². The minimum atomic E-state index is -5.12. The van der Waals surface area contributed by atoms with Gasteiger partial charge in [0.05, 0.1) is 18.7 Å². The van der Waals surface area contributed by atoms with Crippen LogP contribution >= 0.6 is 11.6 Å². The molecule has 1 aliphatic carbocycles. The molecule has 3 aromatic carbocycles. The summed E-state index contributed by atoms with van der Waals surface area (Å²) in [5.74, 6) is -3.29. The Labute approximate surface area is 242 Å². The van der Waals surface area contributed by atoms with E-state index >= 15 is 0 Å². The first-order valence-electron chi connectivity index (χ1n) is 12.9. The van der Waals surface area contributed by atoms with E-state index in [2.05, 4.69) is 10.1 Å². The fraction of sp³-hybridized carbons (Fsp3) is 0.310. The number of halogens is 5. The number of amides is 1. The molecule has 2 aliphatic rings. The van der Waals surface area contributed by atoms with Crippen molar-refractivity contribution in [2.45, 2.75) is 37.8 Å².